The van der Waals surface area contributed by atoms with Crippen LogP contribution in [-0.4, -0.2) is 24.9 Å². The lowest BCUT2D eigenvalue weighted by Crippen LogP contribution is -2.36. The number of rotatable bonds is 7. The SMILES string of the molecule is CCC(CC)C(O)CNC1CCCc2ccc(OC)cc21. The Morgan fingerprint density at radius 3 is 2.76 bits per heavy atom. The van der Waals surface area contributed by atoms with Gasteiger partial charge in [-0.15, -0.1) is 0 Å². The average Bonchev–Trinajstić information content (AvgIpc) is 2.53. The zero-order valence-electron chi connectivity index (χ0n) is 13.6. The summed E-state index contributed by atoms with van der Waals surface area (Å²) in [5.74, 6) is 1.31. The first kappa shape index (κ1) is 16.3. The number of aryl methyl sites for hydroxylation is 1. The lowest BCUT2D eigenvalue weighted by atomic mass is 9.87. The quantitative estimate of drug-likeness (QED) is 0.808. The molecule has 2 rings (SSSR count). The molecule has 118 valence electrons. The maximum atomic E-state index is 10.3. The van der Waals surface area contributed by atoms with E-state index < -0.39 is 0 Å². The van der Waals surface area contributed by atoms with Gasteiger partial charge in [0.1, 0.15) is 5.75 Å². The summed E-state index contributed by atoms with van der Waals surface area (Å²) in [6, 6.07) is 6.71. The minimum atomic E-state index is -0.254. The highest BCUT2D eigenvalue weighted by Crippen LogP contribution is 2.32. The maximum absolute atomic E-state index is 10.3. The maximum Gasteiger partial charge on any atom is 0.119 e. The van der Waals surface area contributed by atoms with Crippen LogP contribution in [-0.2, 0) is 6.42 Å². The molecule has 0 aromatic heterocycles. The van der Waals surface area contributed by atoms with Crippen molar-refractivity contribution in [1.82, 2.24) is 5.32 Å². The van der Waals surface area contributed by atoms with Gasteiger partial charge in [-0.3, -0.25) is 0 Å². The largest absolute Gasteiger partial charge is 0.497 e. The summed E-state index contributed by atoms with van der Waals surface area (Å²) in [7, 11) is 1.71. The first-order valence-corrected chi connectivity index (χ1v) is 8.27. The van der Waals surface area contributed by atoms with E-state index in [1.165, 1.54) is 17.5 Å². The van der Waals surface area contributed by atoms with Crippen molar-refractivity contribution in [3.05, 3.63) is 29.3 Å². The zero-order chi connectivity index (χ0) is 15.2. The molecule has 2 atom stereocenters. The van der Waals surface area contributed by atoms with Gasteiger partial charge >= 0.3 is 0 Å². The Hall–Kier alpha value is -1.06. The Balaban J connectivity index is 2.02. The third kappa shape index (κ3) is 3.98. The minimum absolute atomic E-state index is 0.254. The second-order valence-corrected chi connectivity index (χ2v) is 6.06. The molecule has 0 radical (unpaired) electrons. The fraction of sp³-hybridized carbons (Fsp3) is 0.667. The predicted molar refractivity (Wildman–Crippen MR) is 86.8 cm³/mol. The molecule has 3 nitrogen and oxygen atoms in total. The topological polar surface area (TPSA) is 41.5 Å². The molecule has 0 spiro atoms. The lowest BCUT2D eigenvalue weighted by molar-refractivity contribution is 0.0974. The smallest absolute Gasteiger partial charge is 0.119 e. The zero-order valence-corrected chi connectivity index (χ0v) is 13.6. The molecule has 3 heteroatoms. The molecule has 0 amide bonds. The van der Waals surface area contributed by atoms with Crippen LogP contribution in [0, 0.1) is 5.92 Å². The summed E-state index contributed by atoms with van der Waals surface area (Å²) in [6.45, 7) is 4.98. The van der Waals surface area contributed by atoms with E-state index in [2.05, 4.69) is 31.3 Å². The van der Waals surface area contributed by atoms with Crippen molar-refractivity contribution in [2.45, 2.75) is 58.1 Å². The standard InChI is InChI=1S/C18H29NO2/c1-4-13(5-2)18(20)12-19-17-8-6-7-14-9-10-15(21-3)11-16(14)17/h9-11,13,17-20H,4-8,12H2,1-3H3. The van der Waals surface area contributed by atoms with Gasteiger partial charge < -0.3 is 15.2 Å². The van der Waals surface area contributed by atoms with Gasteiger partial charge in [0.15, 0.2) is 0 Å². The van der Waals surface area contributed by atoms with E-state index in [4.69, 9.17) is 4.74 Å². The number of aliphatic hydroxyl groups excluding tert-OH is 1. The predicted octanol–water partition coefficient (Wildman–Crippen LogP) is 3.46. The van der Waals surface area contributed by atoms with E-state index in [0.29, 0.717) is 18.5 Å². The summed E-state index contributed by atoms with van der Waals surface area (Å²) >= 11 is 0. The normalized spacial score (nSPS) is 19.4. The molecule has 0 saturated carbocycles. The van der Waals surface area contributed by atoms with Crippen molar-refractivity contribution in [2.24, 2.45) is 5.92 Å². The molecule has 1 aromatic carbocycles. The first-order chi connectivity index (χ1) is 10.2. The van der Waals surface area contributed by atoms with Gasteiger partial charge in [0.25, 0.3) is 0 Å². The van der Waals surface area contributed by atoms with Crippen LogP contribution in [0.1, 0.15) is 56.7 Å². The third-order valence-electron chi connectivity index (χ3n) is 4.83. The van der Waals surface area contributed by atoms with Gasteiger partial charge in [-0.1, -0.05) is 32.8 Å². The van der Waals surface area contributed by atoms with E-state index >= 15 is 0 Å². The lowest BCUT2D eigenvalue weighted by Gasteiger charge is -2.29. The Morgan fingerprint density at radius 2 is 2.10 bits per heavy atom. The number of fused-ring (bicyclic) bond motifs is 1. The van der Waals surface area contributed by atoms with Crippen molar-refractivity contribution in [3.63, 3.8) is 0 Å². The van der Waals surface area contributed by atoms with E-state index in [0.717, 1.165) is 31.4 Å². The van der Waals surface area contributed by atoms with Gasteiger partial charge in [-0.25, -0.2) is 0 Å². The van der Waals surface area contributed by atoms with E-state index in [-0.39, 0.29) is 6.10 Å². The molecule has 21 heavy (non-hydrogen) atoms. The van der Waals surface area contributed by atoms with Crippen molar-refractivity contribution in [2.75, 3.05) is 13.7 Å². The number of ether oxygens (including phenoxy) is 1. The molecule has 0 fully saturated rings. The van der Waals surface area contributed by atoms with Crippen LogP contribution in [0.2, 0.25) is 0 Å². The van der Waals surface area contributed by atoms with Crippen LogP contribution in [0.25, 0.3) is 0 Å². The van der Waals surface area contributed by atoms with Gasteiger partial charge in [0.2, 0.25) is 0 Å². The Bertz CT molecular complexity index is 443. The molecule has 0 aliphatic heterocycles. The summed E-state index contributed by atoms with van der Waals surface area (Å²) in [5, 5.41) is 13.9. The van der Waals surface area contributed by atoms with Crippen LogP contribution in [0.3, 0.4) is 0 Å². The second-order valence-electron chi connectivity index (χ2n) is 6.06. The van der Waals surface area contributed by atoms with Crippen molar-refractivity contribution in [3.8, 4) is 5.75 Å². The molecule has 0 saturated heterocycles. The average molecular weight is 291 g/mol. The van der Waals surface area contributed by atoms with Gasteiger partial charge in [0, 0.05) is 12.6 Å². The number of benzene rings is 1. The van der Waals surface area contributed by atoms with Gasteiger partial charge in [-0.05, 0) is 48.4 Å². The third-order valence-corrected chi connectivity index (χ3v) is 4.83. The number of nitrogens with one attached hydrogen (secondary N) is 1. The Morgan fingerprint density at radius 1 is 1.33 bits per heavy atom. The van der Waals surface area contributed by atoms with Crippen molar-refractivity contribution in [1.29, 1.82) is 0 Å². The minimum Gasteiger partial charge on any atom is -0.497 e. The molecular weight excluding hydrogens is 262 g/mol. The number of hydrogen-bond donors (Lipinski definition) is 2. The fourth-order valence-corrected chi connectivity index (χ4v) is 3.38. The van der Waals surface area contributed by atoms with E-state index in [9.17, 15) is 5.11 Å². The summed E-state index contributed by atoms with van der Waals surface area (Å²) < 4.78 is 5.35. The van der Waals surface area contributed by atoms with Crippen LogP contribution in [0.15, 0.2) is 18.2 Å². The highest BCUT2D eigenvalue weighted by atomic mass is 16.5. The van der Waals surface area contributed by atoms with Crippen LogP contribution in [0.4, 0.5) is 0 Å². The summed E-state index contributed by atoms with van der Waals surface area (Å²) in [6.07, 6.45) is 5.31. The second kappa shape index (κ2) is 7.81. The highest BCUT2D eigenvalue weighted by molar-refractivity contribution is 5.39. The molecule has 0 bridgehead atoms. The van der Waals surface area contributed by atoms with E-state index in [1.807, 2.05) is 6.07 Å². The number of methoxy groups -OCH3 is 1. The van der Waals surface area contributed by atoms with Gasteiger partial charge in [0.05, 0.1) is 13.2 Å². The Kier molecular flexibility index (Phi) is 6.07. The molecule has 0 heterocycles. The monoisotopic (exact) mass is 291 g/mol. The van der Waals surface area contributed by atoms with Crippen molar-refractivity contribution < 1.29 is 9.84 Å². The van der Waals surface area contributed by atoms with Gasteiger partial charge in [-0.2, -0.15) is 0 Å². The summed E-state index contributed by atoms with van der Waals surface area (Å²) in [4.78, 5) is 0. The number of hydrogen-bond acceptors (Lipinski definition) is 3. The molecule has 1 aliphatic carbocycles. The summed E-state index contributed by atoms with van der Waals surface area (Å²) in [5.41, 5.74) is 2.76. The van der Waals surface area contributed by atoms with Crippen molar-refractivity contribution >= 4 is 0 Å². The molecule has 2 unspecified atom stereocenters. The molecule has 2 N–H and O–H groups in total. The van der Waals surface area contributed by atoms with Crippen LogP contribution < -0.4 is 10.1 Å². The highest BCUT2D eigenvalue weighted by Gasteiger charge is 2.22. The first-order valence-electron chi connectivity index (χ1n) is 8.27. The Labute approximate surface area is 128 Å². The van der Waals surface area contributed by atoms with E-state index in [1.54, 1.807) is 7.11 Å². The fourth-order valence-electron chi connectivity index (χ4n) is 3.38. The molecule has 1 aromatic rings. The molecule has 1 aliphatic rings. The van der Waals surface area contributed by atoms with Crippen LogP contribution in [0.5, 0.6) is 5.75 Å². The number of aliphatic hydroxyl groups is 1. The molecular formula is C18H29NO2. The van der Waals surface area contributed by atoms with Crippen LogP contribution >= 0.6 is 0 Å².